The number of hydrogen-bond donors (Lipinski definition) is 4. The van der Waals surface area contributed by atoms with Gasteiger partial charge >= 0.3 is 5.97 Å². The van der Waals surface area contributed by atoms with E-state index in [2.05, 4.69) is 5.32 Å². The summed E-state index contributed by atoms with van der Waals surface area (Å²) < 4.78 is 5.84. The Morgan fingerprint density at radius 1 is 0.943 bits per heavy atom. The second kappa shape index (κ2) is 8.88. The fraction of sp³-hybridized carbons (Fsp3) is 0.222. The Morgan fingerprint density at radius 2 is 1.69 bits per heavy atom. The van der Waals surface area contributed by atoms with Crippen LogP contribution in [0.2, 0.25) is 0 Å². The molecule has 0 saturated heterocycles. The minimum atomic E-state index is -1.19. The maximum absolute atomic E-state index is 12.9. The van der Waals surface area contributed by atoms with Gasteiger partial charge in [-0.25, -0.2) is 4.79 Å². The number of amides is 1. The molecule has 3 aliphatic rings. The molecule has 8 nitrogen and oxygen atoms in total. The summed E-state index contributed by atoms with van der Waals surface area (Å²) in [6, 6.07) is 13.5. The van der Waals surface area contributed by atoms with Gasteiger partial charge in [0.1, 0.15) is 17.1 Å². The predicted molar refractivity (Wildman–Crippen MR) is 131 cm³/mol. The number of benzene rings is 3. The number of rotatable bonds is 4. The van der Waals surface area contributed by atoms with Crippen molar-refractivity contribution in [1.82, 2.24) is 5.32 Å². The second-order valence-electron chi connectivity index (χ2n) is 8.97. The molecule has 1 fully saturated rings. The number of aromatic carboxylic acids is 1. The van der Waals surface area contributed by atoms with E-state index in [1.807, 2.05) is 0 Å². The van der Waals surface area contributed by atoms with Gasteiger partial charge in [0.25, 0.3) is 5.91 Å². The number of aromatic hydroxyl groups is 1. The number of carbonyl (C=O) groups excluding carboxylic acids is 1. The van der Waals surface area contributed by atoms with E-state index in [4.69, 9.17) is 10.2 Å². The minimum absolute atomic E-state index is 0.00726. The molecule has 0 atom stereocenters. The first-order valence-electron chi connectivity index (χ1n) is 11.4. The molecule has 2 aromatic rings. The van der Waals surface area contributed by atoms with Crippen LogP contribution in [0.25, 0.3) is 33.4 Å². The third-order valence-corrected chi connectivity index (χ3v) is 6.57. The molecule has 1 amide bonds. The van der Waals surface area contributed by atoms with E-state index in [9.17, 15) is 24.6 Å². The van der Waals surface area contributed by atoms with Gasteiger partial charge in [0.05, 0.1) is 5.56 Å². The Labute approximate surface area is 200 Å². The normalized spacial score (nSPS) is 18.0. The van der Waals surface area contributed by atoms with Gasteiger partial charge in [0.2, 0.25) is 0 Å². The van der Waals surface area contributed by atoms with Crippen LogP contribution in [-0.4, -0.2) is 34.2 Å². The molecule has 0 radical (unpaired) electrons. The lowest BCUT2D eigenvalue weighted by atomic mass is 9.89. The van der Waals surface area contributed by atoms with Gasteiger partial charge in [0, 0.05) is 46.3 Å². The Balaban J connectivity index is 1.63. The molecular weight excluding hydrogens is 448 g/mol. The lowest BCUT2D eigenvalue weighted by Gasteiger charge is -2.27. The highest BCUT2D eigenvalue weighted by Gasteiger charge is 2.25. The van der Waals surface area contributed by atoms with Gasteiger partial charge in [-0.3, -0.25) is 9.59 Å². The van der Waals surface area contributed by atoms with E-state index >= 15 is 0 Å². The largest absolute Gasteiger partial charge is 0.508 e. The maximum Gasteiger partial charge on any atom is 0.336 e. The van der Waals surface area contributed by atoms with Crippen LogP contribution in [0.5, 0.6) is 5.75 Å². The van der Waals surface area contributed by atoms with E-state index in [0.717, 1.165) is 25.7 Å². The number of phenolic OH excluding ortho intramolecular Hbond substituents is 1. The number of carbonyl (C=O) groups is 2. The first-order chi connectivity index (χ1) is 16.8. The Morgan fingerprint density at radius 3 is 2.43 bits per heavy atom. The van der Waals surface area contributed by atoms with Crippen LogP contribution in [-0.2, 0) is 0 Å². The van der Waals surface area contributed by atoms with Crippen molar-refractivity contribution in [3.8, 4) is 28.2 Å². The fourth-order valence-corrected chi connectivity index (χ4v) is 4.76. The molecule has 2 aliphatic carbocycles. The van der Waals surface area contributed by atoms with Crippen LogP contribution in [0, 0.1) is 0 Å². The highest BCUT2D eigenvalue weighted by Crippen LogP contribution is 2.42. The van der Waals surface area contributed by atoms with Crippen LogP contribution in [0.3, 0.4) is 0 Å². The van der Waals surface area contributed by atoms with E-state index in [0.29, 0.717) is 27.7 Å². The summed E-state index contributed by atoms with van der Waals surface area (Å²) >= 11 is 0. The lowest BCUT2D eigenvalue weighted by Crippen LogP contribution is -2.40. The molecule has 2 aromatic carbocycles. The highest BCUT2D eigenvalue weighted by atomic mass is 16.4. The van der Waals surface area contributed by atoms with Gasteiger partial charge in [-0.2, -0.15) is 0 Å². The van der Waals surface area contributed by atoms with Crippen LogP contribution in [0.1, 0.15) is 46.4 Å². The third kappa shape index (κ3) is 4.36. The summed E-state index contributed by atoms with van der Waals surface area (Å²) in [4.78, 5) is 37.2. The Kier molecular flexibility index (Phi) is 5.74. The number of hydrogen-bond acceptors (Lipinski definition) is 6. The smallest absolute Gasteiger partial charge is 0.336 e. The zero-order chi connectivity index (χ0) is 24.7. The molecule has 35 heavy (non-hydrogen) atoms. The summed E-state index contributed by atoms with van der Waals surface area (Å²) in [7, 11) is 0. The first-order valence-corrected chi connectivity index (χ1v) is 11.4. The summed E-state index contributed by atoms with van der Waals surface area (Å²) in [5.74, 6) is -1.30. The van der Waals surface area contributed by atoms with Crippen molar-refractivity contribution in [2.45, 2.75) is 37.8 Å². The first kappa shape index (κ1) is 22.6. The highest BCUT2D eigenvalue weighted by molar-refractivity contribution is 6.09. The van der Waals surface area contributed by atoms with Gasteiger partial charge in [-0.15, -0.1) is 0 Å². The van der Waals surface area contributed by atoms with Crippen LogP contribution in [0.15, 0.2) is 63.8 Å². The summed E-state index contributed by atoms with van der Waals surface area (Å²) in [6.07, 6.45) is 3.25. The molecular formula is C27H24N2O6. The lowest BCUT2D eigenvalue weighted by molar-refractivity contribution is 0.0697. The molecule has 8 heteroatoms. The molecule has 0 spiro atoms. The van der Waals surface area contributed by atoms with E-state index < -0.39 is 5.97 Å². The summed E-state index contributed by atoms with van der Waals surface area (Å²) in [5.41, 5.74) is 7.61. The van der Waals surface area contributed by atoms with E-state index in [-0.39, 0.29) is 46.1 Å². The zero-order valence-electron chi connectivity index (χ0n) is 18.8. The molecule has 178 valence electrons. The van der Waals surface area contributed by atoms with Crippen molar-refractivity contribution in [2.24, 2.45) is 5.73 Å². The number of carboxylic acid groups (broad SMARTS) is 1. The van der Waals surface area contributed by atoms with E-state index in [1.54, 1.807) is 24.3 Å². The van der Waals surface area contributed by atoms with Crippen molar-refractivity contribution < 1.29 is 24.2 Å². The number of phenols is 1. The van der Waals surface area contributed by atoms with E-state index in [1.165, 1.54) is 30.3 Å². The molecule has 0 unspecified atom stereocenters. The quantitative estimate of drug-likeness (QED) is 0.329. The number of fused-ring (bicyclic) bond motifs is 2. The van der Waals surface area contributed by atoms with Crippen molar-refractivity contribution >= 4 is 22.8 Å². The van der Waals surface area contributed by atoms with Crippen molar-refractivity contribution in [3.05, 3.63) is 75.9 Å². The number of carboxylic acids is 1. The molecule has 0 aromatic heterocycles. The van der Waals surface area contributed by atoms with Crippen LogP contribution in [0.4, 0.5) is 0 Å². The van der Waals surface area contributed by atoms with Crippen LogP contribution >= 0.6 is 0 Å². The van der Waals surface area contributed by atoms with Gasteiger partial charge in [-0.1, -0.05) is 6.07 Å². The molecule has 5 N–H and O–H groups in total. The molecule has 1 saturated carbocycles. The average molecular weight is 472 g/mol. The zero-order valence-corrected chi connectivity index (χ0v) is 18.8. The SMILES string of the molecule is N[C@H]1CC[C@H](NC(=O)c2ccc(-c3c4ccc(=O)cc-4oc4cc(O)ccc34)c(C(=O)O)c2)CC1. The summed E-state index contributed by atoms with van der Waals surface area (Å²) in [5, 5.41) is 23.5. The number of nitrogens with one attached hydrogen (secondary N) is 1. The maximum atomic E-state index is 12.9. The molecule has 5 rings (SSSR count). The molecule has 1 heterocycles. The topological polar surface area (TPSA) is 143 Å². The standard InChI is InChI=1S/C27H24N2O6/c28-15-2-4-16(5-3-15)29-26(32)14-1-8-19(22(11-14)27(33)34)25-20-9-6-17(30)12-23(20)35-24-13-18(31)7-10-21(24)25/h1,6-13,15-16,30H,2-5,28H2,(H,29,32)(H,33,34)/t15-,16-. The van der Waals surface area contributed by atoms with Gasteiger partial charge in [0.15, 0.2) is 5.43 Å². The predicted octanol–water partition coefficient (Wildman–Crippen LogP) is 3.97. The third-order valence-electron chi connectivity index (χ3n) is 6.57. The number of nitrogens with two attached hydrogens (primary N) is 1. The Hall–Kier alpha value is -4.17. The monoisotopic (exact) mass is 472 g/mol. The van der Waals surface area contributed by atoms with Crippen molar-refractivity contribution in [1.29, 1.82) is 0 Å². The van der Waals surface area contributed by atoms with Crippen molar-refractivity contribution in [2.75, 3.05) is 0 Å². The van der Waals surface area contributed by atoms with Gasteiger partial charge < -0.3 is 25.7 Å². The molecule has 1 aliphatic heterocycles. The second-order valence-corrected chi connectivity index (χ2v) is 8.97. The fourth-order valence-electron chi connectivity index (χ4n) is 4.76. The minimum Gasteiger partial charge on any atom is -0.508 e. The molecule has 0 bridgehead atoms. The van der Waals surface area contributed by atoms with Crippen molar-refractivity contribution in [3.63, 3.8) is 0 Å². The average Bonchev–Trinajstić information content (AvgIpc) is 2.83. The van der Waals surface area contributed by atoms with Crippen LogP contribution < -0.4 is 16.5 Å². The Bertz CT molecular complexity index is 1480. The summed E-state index contributed by atoms with van der Waals surface area (Å²) in [6.45, 7) is 0. The van der Waals surface area contributed by atoms with Gasteiger partial charge in [-0.05, 0) is 67.6 Å².